The highest BCUT2D eigenvalue weighted by atomic mass is 79.9. The Morgan fingerprint density at radius 1 is 1.19 bits per heavy atom. The van der Waals surface area contributed by atoms with Crippen molar-refractivity contribution >= 4 is 27.5 Å². The molecule has 16 heavy (non-hydrogen) atoms. The van der Waals surface area contributed by atoms with Crippen molar-refractivity contribution in [2.45, 2.75) is 20.8 Å². The topological polar surface area (TPSA) is 29.5 Å². The molecule has 0 fully saturated rings. The van der Waals surface area contributed by atoms with Crippen LogP contribution in [0.5, 0.6) is 5.75 Å². The van der Waals surface area contributed by atoms with Crippen LogP contribution in [0.4, 0.5) is 5.69 Å². The number of rotatable bonds is 0. The first-order valence-corrected chi connectivity index (χ1v) is 5.93. The van der Waals surface area contributed by atoms with Gasteiger partial charge in [-0.05, 0) is 31.9 Å². The van der Waals surface area contributed by atoms with E-state index in [1.54, 1.807) is 11.9 Å². The fourth-order valence-corrected chi connectivity index (χ4v) is 2.48. The van der Waals surface area contributed by atoms with E-state index in [-0.39, 0.29) is 12.5 Å². The van der Waals surface area contributed by atoms with E-state index < -0.39 is 0 Å². The molecule has 1 aromatic carbocycles. The number of carbonyl (C=O) groups is 1. The number of likely N-dealkylation sites (N-methyl/N-ethyl adjacent to an activating group) is 1. The van der Waals surface area contributed by atoms with E-state index in [1.165, 1.54) is 0 Å². The quantitative estimate of drug-likeness (QED) is 0.733. The van der Waals surface area contributed by atoms with Crippen molar-refractivity contribution < 1.29 is 9.53 Å². The van der Waals surface area contributed by atoms with Gasteiger partial charge in [0.25, 0.3) is 5.91 Å². The average Bonchev–Trinajstić information content (AvgIpc) is 2.27. The first-order valence-electron chi connectivity index (χ1n) is 5.13. The van der Waals surface area contributed by atoms with Crippen LogP contribution >= 0.6 is 15.9 Å². The van der Waals surface area contributed by atoms with Crippen LogP contribution in [0.25, 0.3) is 0 Å². The molecule has 0 atom stereocenters. The molecule has 0 aliphatic carbocycles. The van der Waals surface area contributed by atoms with Crippen molar-refractivity contribution in [3.8, 4) is 5.75 Å². The second kappa shape index (κ2) is 3.77. The highest BCUT2D eigenvalue weighted by molar-refractivity contribution is 9.10. The van der Waals surface area contributed by atoms with Crippen LogP contribution in [0.1, 0.15) is 16.7 Å². The third-order valence-electron chi connectivity index (χ3n) is 3.18. The van der Waals surface area contributed by atoms with Crippen molar-refractivity contribution in [2.75, 3.05) is 18.6 Å². The molecule has 0 N–H and O–H groups in total. The molecule has 0 radical (unpaired) electrons. The number of hydrogen-bond acceptors (Lipinski definition) is 2. The summed E-state index contributed by atoms with van der Waals surface area (Å²) in [7, 11) is 1.80. The van der Waals surface area contributed by atoms with E-state index in [9.17, 15) is 4.79 Å². The van der Waals surface area contributed by atoms with Crippen LogP contribution in [-0.2, 0) is 4.79 Å². The van der Waals surface area contributed by atoms with E-state index in [1.807, 2.05) is 20.8 Å². The SMILES string of the molecule is Cc1c(C)c2c(c(C)c1Br)OCC(=O)N2C. The number of halogens is 1. The number of anilines is 1. The molecule has 1 amide bonds. The summed E-state index contributed by atoms with van der Waals surface area (Å²) in [4.78, 5) is 13.3. The van der Waals surface area contributed by atoms with Gasteiger partial charge in [-0.25, -0.2) is 0 Å². The highest BCUT2D eigenvalue weighted by Gasteiger charge is 2.27. The molecule has 0 saturated carbocycles. The van der Waals surface area contributed by atoms with Crippen LogP contribution in [0.15, 0.2) is 4.47 Å². The zero-order chi connectivity index (χ0) is 12.0. The van der Waals surface area contributed by atoms with Gasteiger partial charge in [-0.1, -0.05) is 15.9 Å². The van der Waals surface area contributed by atoms with E-state index in [2.05, 4.69) is 15.9 Å². The van der Waals surface area contributed by atoms with Gasteiger partial charge in [0.1, 0.15) is 5.75 Å². The number of amides is 1. The molecule has 1 heterocycles. The number of ether oxygens (including phenoxy) is 1. The second-order valence-corrected chi connectivity index (χ2v) is 4.90. The number of benzene rings is 1. The Labute approximate surface area is 104 Å². The number of carbonyl (C=O) groups excluding carboxylic acids is 1. The lowest BCUT2D eigenvalue weighted by atomic mass is 10.0. The van der Waals surface area contributed by atoms with Crippen LogP contribution in [0.2, 0.25) is 0 Å². The predicted molar refractivity (Wildman–Crippen MR) is 67.3 cm³/mol. The maximum Gasteiger partial charge on any atom is 0.264 e. The van der Waals surface area contributed by atoms with Gasteiger partial charge in [-0.3, -0.25) is 4.79 Å². The number of nitrogens with zero attached hydrogens (tertiary/aromatic N) is 1. The molecule has 0 bridgehead atoms. The molecular weight excluding hydrogens is 270 g/mol. The Balaban J connectivity index is 2.77. The summed E-state index contributed by atoms with van der Waals surface area (Å²) in [5.41, 5.74) is 4.19. The molecule has 0 aromatic heterocycles. The number of fused-ring (bicyclic) bond motifs is 1. The lowest BCUT2D eigenvalue weighted by molar-refractivity contribution is -0.121. The minimum absolute atomic E-state index is 0.00303. The van der Waals surface area contributed by atoms with Gasteiger partial charge in [0.2, 0.25) is 0 Å². The Morgan fingerprint density at radius 2 is 1.81 bits per heavy atom. The smallest absolute Gasteiger partial charge is 0.264 e. The summed E-state index contributed by atoms with van der Waals surface area (Å²) in [5, 5.41) is 0. The molecule has 0 saturated heterocycles. The lowest BCUT2D eigenvalue weighted by Crippen LogP contribution is -2.36. The highest BCUT2D eigenvalue weighted by Crippen LogP contribution is 2.43. The van der Waals surface area contributed by atoms with Crippen molar-refractivity contribution in [1.82, 2.24) is 0 Å². The molecule has 1 aliphatic heterocycles. The Bertz CT molecular complexity index is 483. The zero-order valence-corrected chi connectivity index (χ0v) is 11.4. The van der Waals surface area contributed by atoms with Crippen LogP contribution in [0, 0.1) is 20.8 Å². The largest absolute Gasteiger partial charge is 0.481 e. The second-order valence-electron chi connectivity index (χ2n) is 4.11. The van der Waals surface area contributed by atoms with Crippen LogP contribution < -0.4 is 9.64 Å². The molecule has 4 heteroatoms. The minimum atomic E-state index is -0.00303. The van der Waals surface area contributed by atoms with Gasteiger partial charge in [-0.15, -0.1) is 0 Å². The Kier molecular flexibility index (Phi) is 2.70. The molecule has 0 spiro atoms. The predicted octanol–water partition coefficient (Wildman–Crippen LogP) is 2.73. The maximum absolute atomic E-state index is 11.6. The zero-order valence-electron chi connectivity index (χ0n) is 9.85. The molecular formula is C12H14BrNO2. The molecule has 1 aliphatic rings. The monoisotopic (exact) mass is 283 g/mol. The summed E-state index contributed by atoms with van der Waals surface area (Å²) in [6, 6.07) is 0. The lowest BCUT2D eigenvalue weighted by Gasteiger charge is -2.30. The Hall–Kier alpha value is -1.03. The Morgan fingerprint density at radius 3 is 2.44 bits per heavy atom. The van der Waals surface area contributed by atoms with Gasteiger partial charge >= 0.3 is 0 Å². The first-order chi connectivity index (χ1) is 7.45. The molecule has 3 nitrogen and oxygen atoms in total. The van der Waals surface area contributed by atoms with Crippen molar-refractivity contribution in [3.05, 3.63) is 21.2 Å². The third kappa shape index (κ3) is 1.44. The summed E-state index contributed by atoms with van der Waals surface area (Å²) in [6.45, 7) is 6.18. The summed E-state index contributed by atoms with van der Waals surface area (Å²) in [6.07, 6.45) is 0. The fourth-order valence-electron chi connectivity index (χ4n) is 2.01. The standard InChI is InChI=1S/C12H14BrNO2/c1-6-7(2)11-12(8(3)10(6)13)16-5-9(15)14(11)4/h5H2,1-4H3. The fraction of sp³-hybridized carbons (Fsp3) is 0.417. The third-order valence-corrected chi connectivity index (χ3v) is 4.37. The molecule has 1 aromatic rings. The normalized spacial score (nSPS) is 14.8. The van der Waals surface area contributed by atoms with Gasteiger partial charge in [-0.2, -0.15) is 0 Å². The molecule has 2 rings (SSSR count). The summed E-state index contributed by atoms with van der Waals surface area (Å²) >= 11 is 3.56. The van der Waals surface area contributed by atoms with E-state index in [4.69, 9.17) is 4.74 Å². The molecule has 86 valence electrons. The van der Waals surface area contributed by atoms with E-state index in [0.717, 1.165) is 32.6 Å². The van der Waals surface area contributed by atoms with E-state index >= 15 is 0 Å². The van der Waals surface area contributed by atoms with Crippen LogP contribution in [0.3, 0.4) is 0 Å². The van der Waals surface area contributed by atoms with E-state index in [0.29, 0.717) is 0 Å². The minimum Gasteiger partial charge on any atom is -0.481 e. The summed E-state index contributed by atoms with van der Waals surface area (Å²) < 4.78 is 6.59. The first kappa shape index (κ1) is 11.5. The van der Waals surface area contributed by atoms with Gasteiger partial charge < -0.3 is 9.64 Å². The average molecular weight is 284 g/mol. The van der Waals surface area contributed by atoms with Crippen molar-refractivity contribution in [2.24, 2.45) is 0 Å². The van der Waals surface area contributed by atoms with Crippen molar-refractivity contribution in [3.63, 3.8) is 0 Å². The van der Waals surface area contributed by atoms with Gasteiger partial charge in [0.15, 0.2) is 6.61 Å². The van der Waals surface area contributed by atoms with Gasteiger partial charge in [0.05, 0.1) is 5.69 Å². The molecule has 0 unspecified atom stereocenters. The van der Waals surface area contributed by atoms with Crippen LogP contribution in [-0.4, -0.2) is 19.6 Å². The number of hydrogen-bond donors (Lipinski definition) is 0. The van der Waals surface area contributed by atoms with Gasteiger partial charge in [0, 0.05) is 17.1 Å². The summed E-state index contributed by atoms with van der Waals surface area (Å²) in [5.74, 6) is 0.814. The van der Waals surface area contributed by atoms with Crippen molar-refractivity contribution in [1.29, 1.82) is 0 Å². The maximum atomic E-state index is 11.6.